The molecule has 7 heteroatoms. The first kappa shape index (κ1) is 17.4. The van der Waals surface area contributed by atoms with Crippen LogP contribution in [-0.2, 0) is 10.0 Å². The van der Waals surface area contributed by atoms with Crippen LogP contribution in [0.3, 0.4) is 0 Å². The van der Waals surface area contributed by atoms with Crippen LogP contribution in [0.1, 0.15) is 31.2 Å². The van der Waals surface area contributed by atoms with E-state index in [1.165, 1.54) is 0 Å². The van der Waals surface area contributed by atoms with Gasteiger partial charge in [0.25, 0.3) is 0 Å². The van der Waals surface area contributed by atoms with Gasteiger partial charge < -0.3 is 5.11 Å². The molecule has 2 rings (SSSR count). The standard InChI is InChI=1S/C14H19Br2NO3S/c1-10-8-13(16)14(9-12(10)15)21(19,20)17(6-3-7-18)11-4-2-5-11/h8-9,11,18H,2-7H2,1H3. The molecular formula is C14H19Br2NO3S. The topological polar surface area (TPSA) is 57.6 Å². The minimum Gasteiger partial charge on any atom is -0.396 e. The second-order valence-corrected chi connectivity index (χ2v) is 8.88. The van der Waals surface area contributed by atoms with Crippen molar-refractivity contribution in [1.82, 2.24) is 4.31 Å². The summed E-state index contributed by atoms with van der Waals surface area (Å²) < 4.78 is 28.8. The predicted octanol–water partition coefficient (Wildman–Crippen LogP) is 3.45. The van der Waals surface area contributed by atoms with Crippen molar-refractivity contribution in [2.75, 3.05) is 13.2 Å². The molecule has 1 aliphatic carbocycles. The summed E-state index contributed by atoms with van der Waals surface area (Å²) in [5.41, 5.74) is 0.978. The Bertz CT molecular complexity index is 615. The van der Waals surface area contributed by atoms with E-state index >= 15 is 0 Å². The maximum absolute atomic E-state index is 13.0. The third-order valence-corrected chi connectivity index (χ3v) is 7.58. The molecule has 1 aliphatic rings. The molecule has 0 aliphatic heterocycles. The van der Waals surface area contributed by atoms with E-state index in [-0.39, 0.29) is 17.5 Å². The summed E-state index contributed by atoms with van der Waals surface area (Å²) in [7, 11) is -3.56. The van der Waals surface area contributed by atoms with E-state index in [4.69, 9.17) is 5.11 Å². The Morgan fingerprint density at radius 1 is 1.29 bits per heavy atom. The number of hydrogen-bond donors (Lipinski definition) is 1. The Hall–Kier alpha value is 0.0500. The van der Waals surface area contributed by atoms with Crippen molar-refractivity contribution in [2.24, 2.45) is 0 Å². The van der Waals surface area contributed by atoms with Gasteiger partial charge in [0, 0.05) is 28.1 Å². The highest BCUT2D eigenvalue weighted by molar-refractivity contribution is 9.11. The summed E-state index contributed by atoms with van der Waals surface area (Å²) in [6.07, 6.45) is 3.32. The maximum Gasteiger partial charge on any atom is 0.244 e. The number of nitrogens with zero attached hydrogens (tertiary/aromatic N) is 1. The molecule has 0 radical (unpaired) electrons. The molecule has 118 valence electrons. The highest BCUT2D eigenvalue weighted by Crippen LogP contribution is 2.35. The molecule has 1 N–H and O–H groups in total. The van der Waals surface area contributed by atoms with Crippen LogP contribution in [0.4, 0.5) is 0 Å². The van der Waals surface area contributed by atoms with E-state index in [0.29, 0.717) is 17.4 Å². The van der Waals surface area contributed by atoms with Crippen molar-refractivity contribution in [2.45, 2.75) is 43.5 Å². The van der Waals surface area contributed by atoms with Crippen LogP contribution in [-0.4, -0.2) is 37.0 Å². The van der Waals surface area contributed by atoms with Gasteiger partial charge in [-0.15, -0.1) is 0 Å². The Morgan fingerprint density at radius 3 is 2.48 bits per heavy atom. The number of hydrogen-bond acceptors (Lipinski definition) is 3. The summed E-state index contributed by atoms with van der Waals surface area (Å²) in [6.45, 7) is 2.28. The largest absolute Gasteiger partial charge is 0.396 e. The fraction of sp³-hybridized carbons (Fsp3) is 0.571. The van der Waals surface area contributed by atoms with Crippen molar-refractivity contribution in [3.8, 4) is 0 Å². The van der Waals surface area contributed by atoms with Crippen LogP contribution in [0, 0.1) is 6.92 Å². The molecule has 0 bridgehead atoms. The van der Waals surface area contributed by atoms with Crippen LogP contribution >= 0.6 is 31.9 Å². The van der Waals surface area contributed by atoms with Crippen LogP contribution < -0.4 is 0 Å². The molecule has 1 aromatic carbocycles. The minimum atomic E-state index is -3.56. The van der Waals surface area contributed by atoms with E-state index in [2.05, 4.69) is 31.9 Å². The number of aliphatic hydroxyl groups is 1. The summed E-state index contributed by atoms with van der Waals surface area (Å²) in [6, 6.07) is 3.52. The molecule has 0 aromatic heterocycles. The quantitative estimate of drug-likeness (QED) is 0.736. The average Bonchev–Trinajstić information content (AvgIpc) is 2.36. The lowest BCUT2D eigenvalue weighted by atomic mass is 9.93. The van der Waals surface area contributed by atoms with E-state index < -0.39 is 10.0 Å². The Balaban J connectivity index is 2.40. The summed E-state index contributed by atoms with van der Waals surface area (Å²) in [5.74, 6) is 0. The van der Waals surface area contributed by atoms with Crippen LogP contribution in [0.15, 0.2) is 26.0 Å². The van der Waals surface area contributed by atoms with Gasteiger partial charge in [0.1, 0.15) is 0 Å². The van der Waals surface area contributed by atoms with E-state index in [1.54, 1.807) is 10.4 Å². The van der Waals surface area contributed by atoms with Gasteiger partial charge in [0.2, 0.25) is 10.0 Å². The zero-order chi connectivity index (χ0) is 15.6. The minimum absolute atomic E-state index is 0.00248. The number of sulfonamides is 1. The molecule has 0 amide bonds. The Labute approximate surface area is 142 Å². The molecule has 4 nitrogen and oxygen atoms in total. The van der Waals surface area contributed by atoms with Gasteiger partial charge in [0.15, 0.2) is 0 Å². The molecule has 0 heterocycles. The summed E-state index contributed by atoms with van der Waals surface area (Å²) >= 11 is 6.77. The van der Waals surface area contributed by atoms with Gasteiger partial charge in [-0.1, -0.05) is 22.4 Å². The van der Waals surface area contributed by atoms with Gasteiger partial charge in [-0.05, 0) is 59.8 Å². The summed E-state index contributed by atoms with van der Waals surface area (Å²) in [4.78, 5) is 0.282. The first-order chi connectivity index (χ1) is 9.87. The van der Waals surface area contributed by atoms with E-state index in [9.17, 15) is 8.42 Å². The zero-order valence-electron chi connectivity index (χ0n) is 11.8. The number of benzene rings is 1. The Morgan fingerprint density at radius 2 is 1.95 bits per heavy atom. The van der Waals surface area contributed by atoms with Gasteiger partial charge in [-0.25, -0.2) is 8.42 Å². The van der Waals surface area contributed by atoms with Gasteiger partial charge in [-0.3, -0.25) is 0 Å². The van der Waals surface area contributed by atoms with Crippen molar-refractivity contribution in [3.63, 3.8) is 0 Å². The van der Waals surface area contributed by atoms with Crippen LogP contribution in [0.5, 0.6) is 0 Å². The molecular weight excluding hydrogens is 422 g/mol. The molecule has 1 fully saturated rings. The molecule has 0 saturated heterocycles. The lowest BCUT2D eigenvalue weighted by molar-refractivity contribution is 0.198. The second-order valence-electron chi connectivity index (χ2n) is 5.31. The third kappa shape index (κ3) is 3.69. The van der Waals surface area contributed by atoms with Crippen molar-refractivity contribution in [1.29, 1.82) is 0 Å². The lowest BCUT2D eigenvalue weighted by Crippen LogP contribution is -2.44. The van der Waals surface area contributed by atoms with Gasteiger partial charge in [0.05, 0.1) is 4.90 Å². The van der Waals surface area contributed by atoms with Crippen molar-refractivity contribution >= 4 is 41.9 Å². The molecule has 0 atom stereocenters. The number of rotatable bonds is 6. The summed E-state index contributed by atoms with van der Waals surface area (Å²) in [5, 5.41) is 9.02. The normalized spacial score (nSPS) is 16.2. The monoisotopic (exact) mass is 439 g/mol. The smallest absolute Gasteiger partial charge is 0.244 e. The Kier molecular flexibility index (Phi) is 5.87. The highest BCUT2D eigenvalue weighted by atomic mass is 79.9. The maximum atomic E-state index is 13.0. The number of halogens is 2. The first-order valence-corrected chi connectivity index (χ1v) is 9.99. The lowest BCUT2D eigenvalue weighted by Gasteiger charge is -2.36. The van der Waals surface area contributed by atoms with Crippen LogP contribution in [0.25, 0.3) is 0 Å². The molecule has 0 unspecified atom stereocenters. The fourth-order valence-corrected chi connectivity index (χ4v) is 5.72. The van der Waals surface area contributed by atoms with Crippen molar-refractivity contribution < 1.29 is 13.5 Å². The van der Waals surface area contributed by atoms with Gasteiger partial charge in [-0.2, -0.15) is 4.31 Å². The zero-order valence-corrected chi connectivity index (χ0v) is 15.8. The molecule has 0 spiro atoms. The molecule has 1 aromatic rings. The average molecular weight is 441 g/mol. The van der Waals surface area contributed by atoms with E-state index in [1.807, 2.05) is 13.0 Å². The number of aliphatic hydroxyl groups excluding tert-OH is 1. The van der Waals surface area contributed by atoms with E-state index in [0.717, 1.165) is 29.3 Å². The molecule has 1 saturated carbocycles. The SMILES string of the molecule is Cc1cc(Br)c(S(=O)(=O)N(CCCO)C2CCC2)cc1Br. The number of aryl methyl sites for hydroxylation is 1. The predicted molar refractivity (Wildman–Crippen MR) is 89.8 cm³/mol. The highest BCUT2D eigenvalue weighted by Gasteiger charge is 2.35. The van der Waals surface area contributed by atoms with Crippen molar-refractivity contribution in [3.05, 3.63) is 26.6 Å². The third-order valence-electron chi connectivity index (χ3n) is 3.82. The van der Waals surface area contributed by atoms with Gasteiger partial charge >= 0.3 is 0 Å². The fourth-order valence-electron chi connectivity index (χ4n) is 2.35. The second kappa shape index (κ2) is 7.08. The molecule has 21 heavy (non-hydrogen) atoms. The first-order valence-electron chi connectivity index (χ1n) is 6.96. The van der Waals surface area contributed by atoms with Crippen LogP contribution in [0.2, 0.25) is 0 Å².